The Bertz CT molecular complexity index is 566. The number of carboxylic acids is 1. The zero-order chi connectivity index (χ0) is 13.0. The molecule has 0 unspecified atom stereocenters. The van der Waals surface area contributed by atoms with Crippen LogP contribution in [-0.4, -0.2) is 31.3 Å². The minimum absolute atomic E-state index is 0.309. The minimum atomic E-state index is -0.924. The number of rotatable bonds is 5. The second kappa shape index (κ2) is 5.51. The summed E-state index contributed by atoms with van der Waals surface area (Å²) in [5.74, 6) is -0.924. The van der Waals surface area contributed by atoms with Crippen LogP contribution in [0.1, 0.15) is 10.4 Å². The van der Waals surface area contributed by atoms with Crippen molar-refractivity contribution in [1.82, 2.24) is 0 Å². The maximum Gasteiger partial charge on any atom is 0.338 e. The van der Waals surface area contributed by atoms with E-state index in [9.17, 15) is 9.90 Å². The largest absolute Gasteiger partial charge is 0.478 e. The molecule has 2 rings (SSSR count). The molecule has 0 saturated heterocycles. The van der Waals surface area contributed by atoms with Crippen molar-refractivity contribution in [3.63, 3.8) is 0 Å². The lowest BCUT2D eigenvalue weighted by atomic mass is 10.0. The van der Waals surface area contributed by atoms with E-state index >= 15 is 0 Å². The zero-order valence-corrected chi connectivity index (χ0v) is 10.1. The average molecular weight is 245 g/mol. The second-order valence-corrected chi connectivity index (χ2v) is 3.93. The number of hydrogen-bond acceptors (Lipinski definition) is 3. The summed E-state index contributed by atoms with van der Waals surface area (Å²) in [6, 6.07) is 11.2. The number of nitrogens with one attached hydrogen (secondary N) is 1. The van der Waals surface area contributed by atoms with E-state index in [1.54, 1.807) is 13.2 Å². The van der Waals surface area contributed by atoms with Gasteiger partial charge in [0.15, 0.2) is 0 Å². The van der Waals surface area contributed by atoms with Gasteiger partial charge in [-0.3, -0.25) is 0 Å². The summed E-state index contributed by atoms with van der Waals surface area (Å²) in [5, 5.41) is 14.1. The molecule has 0 aliphatic carbocycles. The van der Waals surface area contributed by atoms with Crippen molar-refractivity contribution >= 4 is 22.4 Å². The van der Waals surface area contributed by atoms with Crippen molar-refractivity contribution in [3.05, 3.63) is 42.0 Å². The Morgan fingerprint density at radius 2 is 2.06 bits per heavy atom. The minimum Gasteiger partial charge on any atom is -0.478 e. The Kier molecular flexibility index (Phi) is 3.79. The Morgan fingerprint density at radius 3 is 2.78 bits per heavy atom. The topological polar surface area (TPSA) is 58.6 Å². The van der Waals surface area contributed by atoms with Gasteiger partial charge in [0, 0.05) is 19.3 Å². The zero-order valence-electron chi connectivity index (χ0n) is 10.1. The highest BCUT2D eigenvalue weighted by Gasteiger charge is 2.13. The molecule has 0 bridgehead atoms. The smallest absolute Gasteiger partial charge is 0.338 e. The van der Waals surface area contributed by atoms with Gasteiger partial charge in [-0.1, -0.05) is 30.3 Å². The van der Waals surface area contributed by atoms with E-state index in [4.69, 9.17) is 4.74 Å². The Morgan fingerprint density at radius 1 is 1.28 bits per heavy atom. The molecule has 0 aliphatic rings. The summed E-state index contributed by atoms with van der Waals surface area (Å²) in [6.45, 7) is 1.11. The monoisotopic (exact) mass is 245 g/mol. The molecule has 4 nitrogen and oxygen atoms in total. The SMILES string of the molecule is COCCNc1ccc2ccccc2c1C(=O)O. The Balaban J connectivity index is 2.46. The number of carbonyl (C=O) groups is 1. The second-order valence-electron chi connectivity index (χ2n) is 3.93. The molecule has 2 N–H and O–H groups in total. The van der Waals surface area contributed by atoms with Crippen molar-refractivity contribution in [2.75, 3.05) is 25.6 Å². The molecule has 0 radical (unpaired) electrons. The first-order valence-electron chi connectivity index (χ1n) is 5.72. The summed E-state index contributed by atoms with van der Waals surface area (Å²) in [7, 11) is 1.61. The van der Waals surface area contributed by atoms with Gasteiger partial charge in [-0.2, -0.15) is 0 Å². The molecule has 0 aliphatic heterocycles. The van der Waals surface area contributed by atoms with E-state index in [1.807, 2.05) is 30.3 Å². The van der Waals surface area contributed by atoms with Crippen LogP contribution in [0.2, 0.25) is 0 Å². The van der Waals surface area contributed by atoms with Crippen LogP contribution in [0.3, 0.4) is 0 Å². The third-order valence-electron chi connectivity index (χ3n) is 2.76. The Hall–Kier alpha value is -2.07. The standard InChI is InChI=1S/C14H15NO3/c1-18-9-8-15-12-7-6-10-4-2-3-5-11(10)13(12)14(16)17/h2-7,15H,8-9H2,1H3,(H,16,17). The van der Waals surface area contributed by atoms with E-state index in [0.29, 0.717) is 24.4 Å². The van der Waals surface area contributed by atoms with Gasteiger partial charge in [-0.15, -0.1) is 0 Å². The number of ether oxygens (including phenoxy) is 1. The molecule has 0 saturated carbocycles. The molecule has 0 fully saturated rings. The fourth-order valence-corrected chi connectivity index (χ4v) is 1.94. The lowest BCUT2D eigenvalue weighted by Crippen LogP contribution is -2.11. The Labute approximate surface area is 105 Å². The van der Waals surface area contributed by atoms with Crippen molar-refractivity contribution in [2.45, 2.75) is 0 Å². The molecule has 0 spiro atoms. The van der Waals surface area contributed by atoms with Crippen LogP contribution < -0.4 is 5.32 Å². The summed E-state index contributed by atoms with van der Waals surface area (Å²) in [4.78, 5) is 11.4. The highest BCUT2D eigenvalue weighted by Crippen LogP contribution is 2.26. The maximum absolute atomic E-state index is 11.4. The molecular weight excluding hydrogens is 230 g/mol. The summed E-state index contributed by atoms with van der Waals surface area (Å²) >= 11 is 0. The fourth-order valence-electron chi connectivity index (χ4n) is 1.94. The predicted molar refractivity (Wildman–Crippen MR) is 71.3 cm³/mol. The number of anilines is 1. The van der Waals surface area contributed by atoms with Crippen LogP contribution in [0.25, 0.3) is 10.8 Å². The molecule has 0 atom stereocenters. The third kappa shape index (κ3) is 2.43. The number of aromatic carboxylic acids is 1. The van der Waals surface area contributed by atoms with Gasteiger partial charge in [-0.25, -0.2) is 4.79 Å². The number of hydrogen-bond donors (Lipinski definition) is 2. The van der Waals surface area contributed by atoms with Crippen molar-refractivity contribution < 1.29 is 14.6 Å². The summed E-state index contributed by atoms with van der Waals surface area (Å²) < 4.78 is 4.94. The van der Waals surface area contributed by atoms with E-state index in [-0.39, 0.29) is 0 Å². The number of methoxy groups -OCH3 is 1. The maximum atomic E-state index is 11.4. The van der Waals surface area contributed by atoms with Crippen LogP contribution in [0, 0.1) is 0 Å². The molecule has 0 aromatic heterocycles. The highest BCUT2D eigenvalue weighted by molar-refractivity contribution is 6.08. The average Bonchev–Trinajstić information content (AvgIpc) is 2.38. The lowest BCUT2D eigenvalue weighted by Gasteiger charge is -2.11. The number of fused-ring (bicyclic) bond motifs is 1. The lowest BCUT2D eigenvalue weighted by molar-refractivity contribution is 0.0700. The quantitative estimate of drug-likeness (QED) is 0.795. The van der Waals surface area contributed by atoms with Crippen LogP contribution in [0.15, 0.2) is 36.4 Å². The van der Waals surface area contributed by atoms with Gasteiger partial charge >= 0.3 is 5.97 Å². The molecule has 2 aromatic rings. The van der Waals surface area contributed by atoms with Crippen molar-refractivity contribution in [3.8, 4) is 0 Å². The molecule has 94 valence electrons. The van der Waals surface area contributed by atoms with Gasteiger partial charge in [-0.05, 0) is 16.8 Å². The fraction of sp³-hybridized carbons (Fsp3) is 0.214. The number of benzene rings is 2. The van der Waals surface area contributed by atoms with Gasteiger partial charge in [0.2, 0.25) is 0 Å². The first-order chi connectivity index (χ1) is 8.74. The van der Waals surface area contributed by atoms with Crippen molar-refractivity contribution in [2.24, 2.45) is 0 Å². The molecule has 0 heterocycles. The first kappa shape index (κ1) is 12.4. The first-order valence-corrected chi connectivity index (χ1v) is 5.72. The summed E-state index contributed by atoms with van der Waals surface area (Å²) in [6.07, 6.45) is 0. The molecular formula is C14H15NO3. The summed E-state index contributed by atoms with van der Waals surface area (Å²) in [5.41, 5.74) is 0.933. The van der Waals surface area contributed by atoms with Crippen LogP contribution in [0.4, 0.5) is 5.69 Å². The number of carboxylic acid groups (broad SMARTS) is 1. The van der Waals surface area contributed by atoms with Crippen LogP contribution in [0.5, 0.6) is 0 Å². The van der Waals surface area contributed by atoms with Gasteiger partial charge in [0.1, 0.15) is 0 Å². The highest BCUT2D eigenvalue weighted by atomic mass is 16.5. The van der Waals surface area contributed by atoms with E-state index in [0.717, 1.165) is 10.8 Å². The van der Waals surface area contributed by atoms with E-state index in [2.05, 4.69) is 5.32 Å². The van der Waals surface area contributed by atoms with Crippen molar-refractivity contribution in [1.29, 1.82) is 0 Å². The van der Waals surface area contributed by atoms with E-state index < -0.39 is 5.97 Å². The molecule has 0 amide bonds. The normalized spacial score (nSPS) is 10.5. The molecule has 4 heteroatoms. The van der Waals surface area contributed by atoms with Crippen LogP contribution >= 0.6 is 0 Å². The van der Waals surface area contributed by atoms with Gasteiger partial charge < -0.3 is 15.2 Å². The molecule has 18 heavy (non-hydrogen) atoms. The van der Waals surface area contributed by atoms with E-state index in [1.165, 1.54) is 0 Å². The molecule has 2 aromatic carbocycles. The van der Waals surface area contributed by atoms with Crippen LogP contribution in [-0.2, 0) is 4.74 Å². The van der Waals surface area contributed by atoms with Gasteiger partial charge in [0.05, 0.1) is 12.2 Å². The third-order valence-corrected chi connectivity index (χ3v) is 2.76. The predicted octanol–water partition coefficient (Wildman–Crippen LogP) is 2.60. The van der Waals surface area contributed by atoms with Gasteiger partial charge in [0.25, 0.3) is 0 Å².